The molecule has 0 aromatic heterocycles. The summed E-state index contributed by atoms with van der Waals surface area (Å²) in [5.74, 6) is 0. The van der Waals surface area contributed by atoms with Gasteiger partial charge in [-0.15, -0.1) is 0 Å². The number of hydrogen-bond acceptors (Lipinski definition) is 10. The minimum absolute atomic E-state index is 0. The van der Waals surface area contributed by atoms with Gasteiger partial charge in [-0.05, 0) is 34.1 Å². The Balaban J connectivity index is 0. The van der Waals surface area contributed by atoms with E-state index in [1.165, 1.54) is 70.6 Å². The fraction of sp³-hybridized carbons (Fsp3) is 1.00. The summed E-state index contributed by atoms with van der Waals surface area (Å²) in [6, 6.07) is 0. The molecule has 0 fully saturated rings. The molecule has 0 heterocycles. The van der Waals surface area contributed by atoms with Crippen LogP contribution in [-0.4, -0.2) is 96.8 Å². The molecule has 0 amide bonds. The third kappa shape index (κ3) is 35.1. The van der Waals surface area contributed by atoms with Gasteiger partial charge in [0.15, 0.2) is 0 Å². The average Bonchev–Trinajstić information content (AvgIpc) is 2.92. The van der Waals surface area contributed by atoms with E-state index in [0.717, 1.165) is 13.0 Å². The first-order chi connectivity index (χ1) is 19.6. The molecule has 0 aromatic carbocycles. The maximum Gasteiger partial charge on any atom is 1.00 e. The number of unbranched alkanes of at least 4 members (excludes halogenated alkanes) is 11. The SMILES string of the molecule is CCCCCCCCCCCCCCOCC(C)OCC(C)OCC(C)OCC(C)OCCOCCOS(=O)(=O)[O-].[Na+]. The molecule has 248 valence electrons. The minimum atomic E-state index is -4.68. The maximum atomic E-state index is 10.3. The average molecular weight is 637 g/mol. The molecule has 42 heavy (non-hydrogen) atoms. The van der Waals surface area contributed by atoms with Crippen molar-refractivity contribution < 1.29 is 75.1 Å². The zero-order chi connectivity index (χ0) is 30.6. The van der Waals surface area contributed by atoms with Gasteiger partial charge in [-0.2, -0.15) is 0 Å². The van der Waals surface area contributed by atoms with Crippen molar-refractivity contribution in [2.45, 2.75) is 136 Å². The first-order valence-corrected chi connectivity index (χ1v) is 17.2. The molecular weight excluding hydrogens is 575 g/mol. The van der Waals surface area contributed by atoms with Crippen LogP contribution < -0.4 is 29.6 Å². The number of rotatable bonds is 32. The van der Waals surface area contributed by atoms with Crippen molar-refractivity contribution in [3.63, 3.8) is 0 Å². The van der Waals surface area contributed by atoms with Crippen LogP contribution in [-0.2, 0) is 43.0 Å². The summed E-state index contributed by atoms with van der Waals surface area (Å²) in [5.41, 5.74) is 0. The van der Waals surface area contributed by atoms with E-state index < -0.39 is 10.4 Å². The van der Waals surface area contributed by atoms with Crippen molar-refractivity contribution in [1.82, 2.24) is 0 Å². The first kappa shape index (κ1) is 44.8. The van der Waals surface area contributed by atoms with Crippen molar-refractivity contribution in [2.75, 3.05) is 59.5 Å². The Morgan fingerprint density at radius 3 is 1.38 bits per heavy atom. The second-order valence-electron chi connectivity index (χ2n) is 10.9. The molecule has 0 N–H and O–H groups in total. The Bertz CT molecular complexity index is 656. The van der Waals surface area contributed by atoms with Crippen molar-refractivity contribution in [1.29, 1.82) is 0 Å². The van der Waals surface area contributed by atoms with Crippen LogP contribution in [0, 0.1) is 0 Å². The van der Waals surface area contributed by atoms with Gasteiger partial charge >= 0.3 is 29.6 Å². The summed E-state index contributed by atoms with van der Waals surface area (Å²) in [6.07, 6.45) is 15.9. The van der Waals surface area contributed by atoms with Crippen LogP contribution in [0.25, 0.3) is 0 Å². The van der Waals surface area contributed by atoms with E-state index in [2.05, 4.69) is 11.1 Å². The van der Waals surface area contributed by atoms with E-state index in [9.17, 15) is 13.0 Å². The Labute approximate surface area is 279 Å². The van der Waals surface area contributed by atoms with Crippen molar-refractivity contribution in [2.24, 2.45) is 0 Å². The molecule has 4 unspecified atom stereocenters. The maximum absolute atomic E-state index is 10.3. The van der Waals surface area contributed by atoms with Crippen molar-refractivity contribution >= 4 is 10.4 Å². The standard InChI is InChI=1S/C30H62O10S.Na/c1-6-7-8-9-10-11-12-13-14-15-16-17-18-35-23-27(2)37-25-29(4)39-26-30(5)38-24-28(3)36-21-19-34-20-22-40-41(31,32)33;/h27-30H,6-26H2,1-5H3,(H,31,32,33);/q;+1/p-1. The fourth-order valence-electron chi connectivity index (χ4n) is 3.99. The van der Waals surface area contributed by atoms with E-state index in [1.807, 2.05) is 27.7 Å². The van der Waals surface area contributed by atoms with E-state index in [4.69, 9.17) is 28.4 Å². The van der Waals surface area contributed by atoms with E-state index in [1.54, 1.807) is 0 Å². The molecule has 0 aliphatic carbocycles. The van der Waals surface area contributed by atoms with Gasteiger partial charge in [-0.1, -0.05) is 77.6 Å². The van der Waals surface area contributed by atoms with Crippen LogP contribution in [0.5, 0.6) is 0 Å². The van der Waals surface area contributed by atoms with Crippen LogP contribution in [0.3, 0.4) is 0 Å². The topological polar surface area (TPSA) is 122 Å². The summed E-state index contributed by atoms with van der Waals surface area (Å²) >= 11 is 0. The van der Waals surface area contributed by atoms with Gasteiger partial charge in [0.2, 0.25) is 10.4 Å². The third-order valence-electron chi connectivity index (χ3n) is 6.43. The molecule has 12 heteroatoms. The normalized spacial score (nSPS) is 14.8. The van der Waals surface area contributed by atoms with Gasteiger partial charge in [-0.3, -0.25) is 4.18 Å². The predicted octanol–water partition coefficient (Wildman–Crippen LogP) is 2.82. The quantitative estimate of drug-likeness (QED) is 0.0472. The Kier molecular flexibility index (Phi) is 33.7. The van der Waals surface area contributed by atoms with Crippen LogP contribution in [0.1, 0.15) is 112 Å². The van der Waals surface area contributed by atoms with Gasteiger partial charge < -0.3 is 33.0 Å². The molecule has 0 aromatic rings. The Hall–Kier alpha value is 0.630. The largest absolute Gasteiger partial charge is 1.00 e. The van der Waals surface area contributed by atoms with Gasteiger partial charge in [-0.25, -0.2) is 8.42 Å². The Morgan fingerprint density at radius 2 is 0.905 bits per heavy atom. The third-order valence-corrected chi connectivity index (χ3v) is 6.88. The molecule has 0 saturated carbocycles. The van der Waals surface area contributed by atoms with Gasteiger partial charge in [0, 0.05) is 6.61 Å². The second kappa shape index (κ2) is 31.6. The van der Waals surface area contributed by atoms with Crippen LogP contribution >= 0.6 is 0 Å². The summed E-state index contributed by atoms with van der Waals surface area (Å²) in [6.45, 7) is 13.1. The van der Waals surface area contributed by atoms with Gasteiger partial charge in [0.1, 0.15) is 0 Å². The number of hydrogen-bond donors (Lipinski definition) is 0. The molecule has 10 nitrogen and oxygen atoms in total. The second-order valence-corrected chi connectivity index (χ2v) is 12.0. The number of ether oxygens (including phenoxy) is 6. The zero-order valence-electron chi connectivity index (χ0n) is 27.6. The smallest absolute Gasteiger partial charge is 0.726 e. The zero-order valence-corrected chi connectivity index (χ0v) is 30.5. The van der Waals surface area contributed by atoms with Crippen LogP contribution in [0.4, 0.5) is 0 Å². The van der Waals surface area contributed by atoms with E-state index in [-0.39, 0.29) is 73.8 Å². The van der Waals surface area contributed by atoms with Gasteiger partial charge in [0.05, 0.1) is 77.3 Å². The van der Waals surface area contributed by atoms with Crippen LogP contribution in [0.15, 0.2) is 0 Å². The van der Waals surface area contributed by atoms with Crippen molar-refractivity contribution in [3.05, 3.63) is 0 Å². The minimum Gasteiger partial charge on any atom is -0.726 e. The molecule has 0 radical (unpaired) electrons. The summed E-state index contributed by atoms with van der Waals surface area (Å²) < 4.78 is 68.9. The molecule has 0 aliphatic rings. The molecule has 4 atom stereocenters. The summed E-state index contributed by atoms with van der Waals surface area (Å²) in [5, 5.41) is 0. The van der Waals surface area contributed by atoms with Gasteiger partial charge in [0.25, 0.3) is 0 Å². The fourth-order valence-corrected chi connectivity index (χ4v) is 4.26. The molecule has 0 aliphatic heterocycles. The monoisotopic (exact) mass is 636 g/mol. The summed E-state index contributed by atoms with van der Waals surface area (Å²) in [7, 11) is -4.68. The summed E-state index contributed by atoms with van der Waals surface area (Å²) in [4.78, 5) is 0. The van der Waals surface area contributed by atoms with E-state index in [0.29, 0.717) is 33.0 Å². The van der Waals surface area contributed by atoms with E-state index >= 15 is 0 Å². The molecular formula is C30H61NaO10S. The predicted molar refractivity (Wildman–Crippen MR) is 160 cm³/mol. The molecule has 0 bridgehead atoms. The Morgan fingerprint density at radius 1 is 0.500 bits per heavy atom. The van der Waals surface area contributed by atoms with Crippen LogP contribution in [0.2, 0.25) is 0 Å². The molecule has 0 spiro atoms. The first-order valence-electron chi connectivity index (χ1n) is 15.9. The van der Waals surface area contributed by atoms with Crippen molar-refractivity contribution in [3.8, 4) is 0 Å². The molecule has 0 saturated heterocycles. The molecule has 0 rings (SSSR count).